The monoisotopic (exact) mass is 292 g/mol. The number of aromatic nitrogens is 1. The second-order valence-electron chi connectivity index (χ2n) is 5.82. The number of benzene rings is 1. The van der Waals surface area contributed by atoms with Gasteiger partial charge >= 0.3 is 0 Å². The highest BCUT2D eigenvalue weighted by Gasteiger charge is 2.27. The molecule has 1 heterocycles. The molecule has 22 heavy (non-hydrogen) atoms. The van der Waals surface area contributed by atoms with E-state index in [4.69, 9.17) is 0 Å². The zero-order chi connectivity index (χ0) is 15.5. The molecule has 0 bridgehead atoms. The minimum absolute atomic E-state index is 0.0593. The number of amides is 1. The molecule has 0 aliphatic heterocycles. The Morgan fingerprint density at radius 3 is 2.59 bits per heavy atom. The van der Waals surface area contributed by atoms with Gasteiger partial charge in [-0.15, -0.1) is 0 Å². The molecule has 2 aromatic rings. The van der Waals surface area contributed by atoms with Gasteiger partial charge in [0.25, 0.3) is 5.91 Å². The molecule has 1 aromatic carbocycles. The van der Waals surface area contributed by atoms with E-state index in [1.165, 1.54) is 16.7 Å². The molecule has 112 valence electrons. The molecule has 1 unspecified atom stereocenters. The molecule has 1 amide bonds. The molecular formula is C19H20N2O. The first kappa shape index (κ1) is 14.5. The maximum absolute atomic E-state index is 12.1. The normalized spacial score (nSPS) is 17.1. The highest BCUT2D eigenvalue weighted by molar-refractivity contribution is 5.94. The number of allylic oxidation sites excluding steroid dienone is 1. The first-order chi connectivity index (χ1) is 10.6. The topological polar surface area (TPSA) is 42.0 Å². The van der Waals surface area contributed by atoms with Gasteiger partial charge in [0.1, 0.15) is 0 Å². The molecule has 0 radical (unpaired) electrons. The predicted molar refractivity (Wildman–Crippen MR) is 87.8 cm³/mol. The number of hydrogen-bond acceptors (Lipinski definition) is 2. The standard InChI is InChI=1S/C19H20N2O/c1-13-8-9-16(11-20-13)19(22)21-12-17-10-18(14(17)2)15-6-4-3-5-7-15/h3-9,11,18H,10,12H2,1-2H3,(H,21,22). The molecule has 0 saturated heterocycles. The van der Waals surface area contributed by atoms with Crippen LogP contribution in [0.5, 0.6) is 0 Å². The van der Waals surface area contributed by atoms with Crippen LogP contribution in [0, 0.1) is 6.92 Å². The summed E-state index contributed by atoms with van der Waals surface area (Å²) in [5, 5.41) is 2.99. The lowest BCUT2D eigenvalue weighted by atomic mass is 9.74. The largest absolute Gasteiger partial charge is 0.348 e. The van der Waals surface area contributed by atoms with Crippen molar-refractivity contribution in [2.24, 2.45) is 0 Å². The van der Waals surface area contributed by atoms with Crippen molar-refractivity contribution in [3.8, 4) is 0 Å². The summed E-state index contributed by atoms with van der Waals surface area (Å²) in [6.07, 6.45) is 2.65. The zero-order valence-corrected chi connectivity index (χ0v) is 13.0. The Morgan fingerprint density at radius 1 is 1.18 bits per heavy atom. The van der Waals surface area contributed by atoms with E-state index >= 15 is 0 Å². The van der Waals surface area contributed by atoms with Crippen molar-refractivity contribution in [2.45, 2.75) is 26.2 Å². The second-order valence-corrected chi connectivity index (χ2v) is 5.82. The van der Waals surface area contributed by atoms with Crippen LogP contribution in [0.15, 0.2) is 59.8 Å². The maximum atomic E-state index is 12.1. The Morgan fingerprint density at radius 2 is 1.95 bits per heavy atom. The van der Waals surface area contributed by atoms with Crippen molar-refractivity contribution < 1.29 is 4.79 Å². The fraction of sp³-hybridized carbons (Fsp3) is 0.263. The number of pyridine rings is 1. The molecule has 1 aliphatic rings. The molecule has 0 saturated carbocycles. The molecule has 0 spiro atoms. The van der Waals surface area contributed by atoms with Crippen molar-refractivity contribution >= 4 is 5.91 Å². The fourth-order valence-electron chi connectivity index (χ4n) is 2.83. The van der Waals surface area contributed by atoms with Crippen LogP contribution in [-0.2, 0) is 0 Å². The van der Waals surface area contributed by atoms with E-state index in [2.05, 4.69) is 41.5 Å². The fourth-order valence-corrected chi connectivity index (χ4v) is 2.83. The molecule has 3 nitrogen and oxygen atoms in total. The Labute approximate surface area is 131 Å². The van der Waals surface area contributed by atoms with Crippen molar-refractivity contribution in [1.82, 2.24) is 10.3 Å². The lowest BCUT2D eigenvalue weighted by Gasteiger charge is -2.32. The van der Waals surface area contributed by atoms with Crippen LogP contribution < -0.4 is 5.32 Å². The van der Waals surface area contributed by atoms with E-state index in [9.17, 15) is 4.79 Å². The highest BCUT2D eigenvalue weighted by atomic mass is 16.1. The van der Waals surface area contributed by atoms with E-state index in [0.29, 0.717) is 18.0 Å². The number of aryl methyl sites for hydroxylation is 1. The SMILES string of the molecule is CC1=C(CNC(=O)c2ccc(C)nc2)CC1c1ccccc1. The van der Waals surface area contributed by atoms with Gasteiger partial charge in [-0.25, -0.2) is 0 Å². The Kier molecular flexibility index (Phi) is 4.05. The van der Waals surface area contributed by atoms with Crippen LogP contribution in [-0.4, -0.2) is 17.4 Å². The minimum Gasteiger partial charge on any atom is -0.348 e. The van der Waals surface area contributed by atoms with Gasteiger partial charge in [-0.3, -0.25) is 9.78 Å². The van der Waals surface area contributed by atoms with Crippen LogP contribution in [0.2, 0.25) is 0 Å². The summed E-state index contributed by atoms with van der Waals surface area (Å²) in [6.45, 7) is 4.70. The number of hydrogen-bond donors (Lipinski definition) is 1. The van der Waals surface area contributed by atoms with Crippen LogP contribution >= 0.6 is 0 Å². The van der Waals surface area contributed by atoms with E-state index < -0.39 is 0 Å². The number of carbonyl (C=O) groups excluding carboxylic acids is 1. The summed E-state index contributed by atoms with van der Waals surface area (Å²) in [5.74, 6) is 0.449. The molecule has 1 atom stereocenters. The van der Waals surface area contributed by atoms with Crippen LogP contribution in [0.3, 0.4) is 0 Å². The molecule has 3 heteroatoms. The Bertz CT molecular complexity index is 702. The predicted octanol–water partition coefficient (Wildman–Crippen LogP) is 3.62. The summed E-state index contributed by atoms with van der Waals surface area (Å²) in [5.41, 5.74) is 5.61. The average Bonchev–Trinajstić information content (AvgIpc) is 2.55. The van der Waals surface area contributed by atoms with Crippen molar-refractivity contribution in [3.05, 3.63) is 76.6 Å². The van der Waals surface area contributed by atoms with Gasteiger partial charge in [0.2, 0.25) is 0 Å². The number of carbonyl (C=O) groups is 1. The minimum atomic E-state index is -0.0593. The van der Waals surface area contributed by atoms with Crippen LogP contribution in [0.4, 0.5) is 0 Å². The van der Waals surface area contributed by atoms with Gasteiger partial charge in [-0.2, -0.15) is 0 Å². The second kappa shape index (κ2) is 6.14. The number of rotatable bonds is 4. The third-order valence-electron chi connectivity index (χ3n) is 4.37. The van der Waals surface area contributed by atoms with Gasteiger partial charge in [0.05, 0.1) is 5.56 Å². The van der Waals surface area contributed by atoms with E-state index in [-0.39, 0.29) is 5.91 Å². The molecule has 1 N–H and O–H groups in total. The first-order valence-electron chi connectivity index (χ1n) is 7.59. The molecular weight excluding hydrogens is 272 g/mol. The molecule has 3 rings (SSSR count). The van der Waals surface area contributed by atoms with Gasteiger partial charge in [0, 0.05) is 24.4 Å². The smallest absolute Gasteiger partial charge is 0.253 e. The summed E-state index contributed by atoms with van der Waals surface area (Å²) in [4.78, 5) is 16.2. The number of nitrogens with one attached hydrogen (secondary N) is 1. The van der Waals surface area contributed by atoms with Crippen LogP contribution in [0.25, 0.3) is 0 Å². The Hall–Kier alpha value is -2.42. The highest BCUT2D eigenvalue weighted by Crippen LogP contribution is 2.41. The van der Waals surface area contributed by atoms with E-state index in [1.807, 2.05) is 25.1 Å². The zero-order valence-electron chi connectivity index (χ0n) is 13.0. The molecule has 1 aromatic heterocycles. The van der Waals surface area contributed by atoms with E-state index in [0.717, 1.165) is 12.1 Å². The Balaban J connectivity index is 1.60. The molecule has 0 fully saturated rings. The quantitative estimate of drug-likeness (QED) is 0.874. The summed E-state index contributed by atoms with van der Waals surface area (Å²) in [7, 11) is 0. The molecule has 1 aliphatic carbocycles. The average molecular weight is 292 g/mol. The third kappa shape index (κ3) is 2.93. The van der Waals surface area contributed by atoms with Crippen molar-refractivity contribution in [2.75, 3.05) is 6.54 Å². The van der Waals surface area contributed by atoms with Gasteiger partial charge < -0.3 is 5.32 Å². The summed E-state index contributed by atoms with van der Waals surface area (Å²) in [6, 6.07) is 14.2. The van der Waals surface area contributed by atoms with Gasteiger partial charge in [0.15, 0.2) is 0 Å². The van der Waals surface area contributed by atoms with Crippen molar-refractivity contribution in [1.29, 1.82) is 0 Å². The number of nitrogens with zero attached hydrogens (tertiary/aromatic N) is 1. The van der Waals surface area contributed by atoms with E-state index in [1.54, 1.807) is 6.20 Å². The summed E-state index contributed by atoms with van der Waals surface area (Å²) >= 11 is 0. The lowest BCUT2D eigenvalue weighted by molar-refractivity contribution is 0.0956. The first-order valence-corrected chi connectivity index (χ1v) is 7.59. The van der Waals surface area contributed by atoms with Gasteiger partial charge in [-0.1, -0.05) is 41.5 Å². The van der Waals surface area contributed by atoms with Gasteiger partial charge in [-0.05, 0) is 38.0 Å². The summed E-state index contributed by atoms with van der Waals surface area (Å²) < 4.78 is 0. The third-order valence-corrected chi connectivity index (χ3v) is 4.37. The lowest BCUT2D eigenvalue weighted by Crippen LogP contribution is -2.30. The van der Waals surface area contributed by atoms with Crippen LogP contribution in [0.1, 0.15) is 40.9 Å². The maximum Gasteiger partial charge on any atom is 0.253 e. The van der Waals surface area contributed by atoms with Crippen molar-refractivity contribution in [3.63, 3.8) is 0 Å².